The molecule has 9 heteroatoms. The minimum Gasteiger partial charge on any atom is -0.342 e. The van der Waals surface area contributed by atoms with Gasteiger partial charge in [0.05, 0.1) is 18.3 Å². The standard InChI is InChI=1S/C22H33N5O3S/c1-5-25(6-2)19(29)14-24-9-7-10-26(13-12-24)18(28)8-11-27-15-23-21-20(22(27)30)16(3)17(4)31-21/h15H,5-14H2,1-4H3. The predicted octanol–water partition coefficient (Wildman–Crippen LogP) is 1.87. The number of hydrogen-bond donors (Lipinski definition) is 0. The summed E-state index contributed by atoms with van der Waals surface area (Å²) < 4.78 is 1.55. The lowest BCUT2D eigenvalue weighted by Gasteiger charge is -2.25. The average molecular weight is 448 g/mol. The maximum Gasteiger partial charge on any atom is 0.262 e. The van der Waals surface area contributed by atoms with E-state index in [-0.39, 0.29) is 23.8 Å². The first-order chi connectivity index (χ1) is 14.8. The number of amides is 2. The lowest BCUT2D eigenvalue weighted by molar-refractivity contribution is -0.132. The van der Waals surface area contributed by atoms with Gasteiger partial charge in [-0.3, -0.25) is 23.9 Å². The Morgan fingerprint density at radius 3 is 2.58 bits per heavy atom. The van der Waals surface area contributed by atoms with Crippen LogP contribution in [0.4, 0.5) is 0 Å². The van der Waals surface area contributed by atoms with Gasteiger partial charge in [0.25, 0.3) is 5.56 Å². The molecule has 8 nitrogen and oxygen atoms in total. The Kier molecular flexibility index (Phi) is 7.83. The molecular weight excluding hydrogens is 414 g/mol. The molecule has 1 fully saturated rings. The van der Waals surface area contributed by atoms with Gasteiger partial charge in [0.1, 0.15) is 4.83 Å². The molecule has 2 aromatic rings. The first-order valence-corrected chi connectivity index (χ1v) is 11.9. The summed E-state index contributed by atoms with van der Waals surface area (Å²) >= 11 is 1.53. The first kappa shape index (κ1) is 23.4. The molecule has 1 saturated heterocycles. The van der Waals surface area contributed by atoms with Gasteiger partial charge in [-0.2, -0.15) is 0 Å². The Labute approximate surface area is 187 Å². The van der Waals surface area contributed by atoms with Crippen molar-refractivity contribution < 1.29 is 9.59 Å². The number of carbonyl (C=O) groups is 2. The minimum atomic E-state index is -0.0726. The zero-order valence-corrected chi connectivity index (χ0v) is 19.8. The van der Waals surface area contributed by atoms with Crippen LogP contribution in [0.3, 0.4) is 0 Å². The van der Waals surface area contributed by atoms with Gasteiger partial charge >= 0.3 is 0 Å². The van der Waals surface area contributed by atoms with Crippen molar-refractivity contribution in [1.29, 1.82) is 0 Å². The molecule has 2 aromatic heterocycles. The van der Waals surface area contributed by atoms with Crippen LogP contribution in [0, 0.1) is 13.8 Å². The Balaban J connectivity index is 1.56. The lowest BCUT2D eigenvalue weighted by atomic mass is 10.2. The first-order valence-electron chi connectivity index (χ1n) is 11.1. The number of aryl methyl sites for hydroxylation is 3. The molecule has 0 atom stereocenters. The largest absolute Gasteiger partial charge is 0.342 e. The van der Waals surface area contributed by atoms with E-state index >= 15 is 0 Å². The van der Waals surface area contributed by atoms with Crippen molar-refractivity contribution in [1.82, 2.24) is 24.3 Å². The third-order valence-electron chi connectivity index (χ3n) is 6.14. The summed E-state index contributed by atoms with van der Waals surface area (Å²) in [6.07, 6.45) is 2.67. The summed E-state index contributed by atoms with van der Waals surface area (Å²) in [5.74, 6) is 0.188. The van der Waals surface area contributed by atoms with Crippen molar-refractivity contribution in [3.63, 3.8) is 0 Å². The van der Waals surface area contributed by atoms with Crippen molar-refractivity contribution >= 4 is 33.4 Å². The molecule has 1 aliphatic heterocycles. The molecule has 3 heterocycles. The van der Waals surface area contributed by atoms with Crippen molar-refractivity contribution in [3.05, 3.63) is 27.1 Å². The summed E-state index contributed by atoms with van der Waals surface area (Å²) in [6, 6.07) is 0. The third kappa shape index (κ3) is 5.33. The van der Waals surface area contributed by atoms with Crippen LogP contribution in [0.15, 0.2) is 11.1 Å². The van der Waals surface area contributed by atoms with Gasteiger partial charge in [-0.1, -0.05) is 0 Å². The van der Waals surface area contributed by atoms with Crippen LogP contribution in [0.5, 0.6) is 0 Å². The number of hydrogen-bond acceptors (Lipinski definition) is 6. The maximum absolute atomic E-state index is 12.8. The normalized spacial score (nSPS) is 15.3. The van der Waals surface area contributed by atoms with Crippen LogP contribution in [-0.2, 0) is 16.1 Å². The monoisotopic (exact) mass is 447 g/mol. The van der Waals surface area contributed by atoms with Gasteiger partial charge in [0.2, 0.25) is 11.8 Å². The van der Waals surface area contributed by atoms with Gasteiger partial charge in [-0.05, 0) is 39.7 Å². The number of likely N-dealkylation sites (N-methyl/N-ethyl adjacent to an activating group) is 1. The fourth-order valence-electron chi connectivity index (χ4n) is 4.05. The molecule has 0 saturated carbocycles. The Bertz CT molecular complexity index is 995. The Morgan fingerprint density at radius 2 is 1.87 bits per heavy atom. The van der Waals surface area contributed by atoms with Crippen LogP contribution < -0.4 is 5.56 Å². The van der Waals surface area contributed by atoms with E-state index in [0.29, 0.717) is 38.1 Å². The number of rotatable bonds is 7. The van der Waals surface area contributed by atoms with E-state index in [1.807, 2.05) is 37.5 Å². The molecular formula is C22H33N5O3S. The van der Waals surface area contributed by atoms with Gasteiger partial charge in [0.15, 0.2) is 0 Å². The average Bonchev–Trinajstić information content (AvgIpc) is 2.91. The summed E-state index contributed by atoms with van der Waals surface area (Å²) in [6.45, 7) is 12.9. The molecule has 1 aliphatic rings. The summed E-state index contributed by atoms with van der Waals surface area (Å²) in [5, 5.41) is 0.667. The summed E-state index contributed by atoms with van der Waals surface area (Å²) in [5.41, 5.74) is 0.904. The van der Waals surface area contributed by atoms with E-state index in [1.165, 1.54) is 11.3 Å². The molecule has 0 aliphatic carbocycles. The highest BCUT2D eigenvalue weighted by atomic mass is 32.1. The Hall–Kier alpha value is -2.26. The molecule has 0 N–H and O–H groups in total. The summed E-state index contributed by atoms with van der Waals surface area (Å²) in [4.78, 5) is 50.1. The van der Waals surface area contributed by atoms with Crippen LogP contribution in [0.1, 0.15) is 37.1 Å². The summed E-state index contributed by atoms with van der Waals surface area (Å²) in [7, 11) is 0. The second-order valence-electron chi connectivity index (χ2n) is 8.03. The maximum atomic E-state index is 12.8. The smallest absolute Gasteiger partial charge is 0.262 e. The number of carbonyl (C=O) groups excluding carboxylic acids is 2. The van der Waals surface area contributed by atoms with E-state index in [9.17, 15) is 14.4 Å². The van der Waals surface area contributed by atoms with Crippen molar-refractivity contribution in [2.75, 3.05) is 45.8 Å². The fourth-order valence-corrected chi connectivity index (χ4v) is 5.04. The van der Waals surface area contributed by atoms with Gasteiger partial charge in [0, 0.05) is 57.1 Å². The topological polar surface area (TPSA) is 78.8 Å². The lowest BCUT2D eigenvalue weighted by Crippen LogP contribution is -2.42. The van der Waals surface area contributed by atoms with Crippen molar-refractivity contribution in [2.24, 2.45) is 0 Å². The van der Waals surface area contributed by atoms with Gasteiger partial charge in [-0.25, -0.2) is 4.98 Å². The Morgan fingerprint density at radius 1 is 1.13 bits per heavy atom. The second kappa shape index (κ2) is 10.4. The molecule has 0 spiro atoms. The third-order valence-corrected chi connectivity index (χ3v) is 7.25. The quantitative estimate of drug-likeness (QED) is 0.648. The highest BCUT2D eigenvalue weighted by molar-refractivity contribution is 7.18. The molecule has 31 heavy (non-hydrogen) atoms. The van der Waals surface area contributed by atoms with E-state index < -0.39 is 0 Å². The van der Waals surface area contributed by atoms with Gasteiger partial charge in [-0.15, -0.1) is 11.3 Å². The molecule has 0 unspecified atom stereocenters. The van der Waals surface area contributed by atoms with Crippen LogP contribution in [-0.4, -0.2) is 81.9 Å². The molecule has 0 aromatic carbocycles. The molecule has 3 rings (SSSR count). The molecule has 0 bridgehead atoms. The SMILES string of the molecule is CCN(CC)C(=O)CN1CCCN(C(=O)CCn2cnc3sc(C)c(C)c3c2=O)CC1. The minimum absolute atomic E-state index is 0.0436. The number of fused-ring (bicyclic) bond motifs is 1. The predicted molar refractivity (Wildman–Crippen MR) is 124 cm³/mol. The van der Waals surface area contributed by atoms with E-state index in [1.54, 1.807) is 10.9 Å². The zero-order chi connectivity index (χ0) is 22.5. The van der Waals surface area contributed by atoms with E-state index in [4.69, 9.17) is 0 Å². The number of thiophene rings is 1. The highest BCUT2D eigenvalue weighted by Gasteiger charge is 2.22. The number of aromatic nitrogens is 2. The number of nitrogens with zero attached hydrogens (tertiary/aromatic N) is 5. The van der Waals surface area contributed by atoms with Crippen LogP contribution in [0.25, 0.3) is 10.2 Å². The fraction of sp³-hybridized carbons (Fsp3) is 0.636. The van der Waals surface area contributed by atoms with Crippen LogP contribution >= 0.6 is 11.3 Å². The van der Waals surface area contributed by atoms with Crippen molar-refractivity contribution in [2.45, 2.75) is 47.1 Å². The van der Waals surface area contributed by atoms with Crippen molar-refractivity contribution in [3.8, 4) is 0 Å². The molecule has 2 amide bonds. The second-order valence-corrected chi connectivity index (χ2v) is 9.24. The van der Waals surface area contributed by atoms with E-state index in [0.717, 1.165) is 41.3 Å². The molecule has 170 valence electrons. The highest BCUT2D eigenvalue weighted by Crippen LogP contribution is 2.25. The van der Waals surface area contributed by atoms with Crippen LogP contribution in [0.2, 0.25) is 0 Å². The van der Waals surface area contributed by atoms with Gasteiger partial charge < -0.3 is 9.80 Å². The zero-order valence-electron chi connectivity index (χ0n) is 19.0. The molecule has 0 radical (unpaired) electrons. The van der Waals surface area contributed by atoms with E-state index in [2.05, 4.69) is 9.88 Å².